The minimum atomic E-state index is 0. The fourth-order valence-electron chi connectivity index (χ4n) is 1.84. The van der Waals surface area contributed by atoms with E-state index in [0.29, 0.717) is 0 Å². The predicted octanol–water partition coefficient (Wildman–Crippen LogP) is 2.57. The van der Waals surface area contributed by atoms with Crippen LogP contribution < -0.4 is 0 Å². The van der Waals surface area contributed by atoms with Crippen LogP contribution in [0.4, 0.5) is 0 Å². The Morgan fingerprint density at radius 2 is 0.643 bits per heavy atom. The van der Waals surface area contributed by atoms with Gasteiger partial charge in [0.05, 0.1) is 0 Å². The summed E-state index contributed by atoms with van der Waals surface area (Å²) in [5, 5.41) is 0. The molecule has 14 heavy (non-hydrogen) atoms. The molecule has 0 atom stereocenters. The molecule has 0 fully saturated rings. The van der Waals surface area contributed by atoms with Gasteiger partial charge >= 0.3 is 0 Å². The van der Waals surface area contributed by atoms with Crippen molar-refractivity contribution < 1.29 is 0 Å². The zero-order valence-electron chi connectivity index (χ0n) is 8.62. The van der Waals surface area contributed by atoms with E-state index < -0.39 is 0 Å². The van der Waals surface area contributed by atoms with Crippen LogP contribution in [0.15, 0.2) is 48.5 Å². The minimum absolute atomic E-state index is 0. The molecule has 0 unspecified atom stereocenters. The summed E-state index contributed by atoms with van der Waals surface area (Å²) in [6.45, 7) is 0. The quantitative estimate of drug-likeness (QED) is 0.487. The van der Waals surface area contributed by atoms with E-state index in [1.165, 1.54) is 22.3 Å². The molecule has 0 heterocycles. The van der Waals surface area contributed by atoms with Crippen molar-refractivity contribution in [3.63, 3.8) is 0 Å². The van der Waals surface area contributed by atoms with Gasteiger partial charge in [-0.3, -0.25) is 0 Å². The first-order valence-electron chi connectivity index (χ1n) is 4.15. The van der Waals surface area contributed by atoms with E-state index in [1.54, 1.807) is 0 Å². The average Bonchev–Trinajstić information content (AvgIpc) is 2.14. The van der Waals surface area contributed by atoms with Crippen LogP contribution in [0.1, 0.15) is 0 Å². The Kier molecular flexibility index (Phi) is 4.45. The molecule has 0 saturated heterocycles. The van der Waals surface area contributed by atoms with Crippen LogP contribution in [0.2, 0.25) is 0 Å². The van der Waals surface area contributed by atoms with Crippen LogP contribution in [0.25, 0.3) is 22.3 Å². The third-order valence-corrected chi connectivity index (χ3v) is 2.43. The van der Waals surface area contributed by atoms with Crippen LogP contribution in [-0.2, 0) is 0 Å². The van der Waals surface area contributed by atoms with E-state index in [-0.39, 0.29) is 59.1 Å². The maximum absolute atomic E-state index is 2.18. The monoisotopic (exact) mass is 198 g/mol. The molecule has 2 radical (unpaired) electrons. The van der Waals surface area contributed by atoms with Gasteiger partial charge in [0.15, 0.2) is 0 Å². The standard InChI is InChI=1S/C12H8.2Na/c1-2-6-10-9(5-1)11-7-3-4-8-12(10)11;;/h1-8H;;. The second-order valence-electron chi connectivity index (χ2n) is 3.09. The third-order valence-electron chi connectivity index (χ3n) is 2.43. The molecule has 0 nitrogen and oxygen atoms in total. The molecule has 58 valence electrons. The number of hydrogen-bond donors (Lipinski definition) is 0. The minimum Gasteiger partial charge on any atom is -0.0616 e. The van der Waals surface area contributed by atoms with Crippen molar-refractivity contribution in [1.82, 2.24) is 0 Å². The molecule has 2 heteroatoms. The van der Waals surface area contributed by atoms with Crippen molar-refractivity contribution in [2.45, 2.75) is 0 Å². The zero-order valence-corrected chi connectivity index (χ0v) is 12.6. The molecular weight excluding hydrogens is 190 g/mol. The van der Waals surface area contributed by atoms with E-state index in [2.05, 4.69) is 48.5 Å². The van der Waals surface area contributed by atoms with Gasteiger partial charge in [-0.25, -0.2) is 0 Å². The van der Waals surface area contributed by atoms with Gasteiger partial charge in [-0.1, -0.05) is 48.5 Å². The summed E-state index contributed by atoms with van der Waals surface area (Å²) in [7, 11) is 0. The second-order valence-corrected chi connectivity index (χ2v) is 3.09. The van der Waals surface area contributed by atoms with Crippen LogP contribution in [-0.4, -0.2) is 59.1 Å². The first-order chi connectivity index (χ1) is 5.97. The summed E-state index contributed by atoms with van der Waals surface area (Å²) in [6.07, 6.45) is 0. The van der Waals surface area contributed by atoms with Crippen molar-refractivity contribution in [2.24, 2.45) is 0 Å². The van der Waals surface area contributed by atoms with Crippen molar-refractivity contribution in [2.75, 3.05) is 0 Å². The summed E-state index contributed by atoms with van der Waals surface area (Å²) < 4.78 is 0. The Morgan fingerprint density at radius 1 is 0.429 bits per heavy atom. The maximum atomic E-state index is 2.18. The Hall–Kier alpha value is 0.440. The molecule has 2 aromatic rings. The molecular formula is C12H8Na2. The van der Waals surface area contributed by atoms with Crippen LogP contribution in [0.3, 0.4) is 0 Å². The Balaban J connectivity index is 0.000000490. The van der Waals surface area contributed by atoms with E-state index in [4.69, 9.17) is 0 Å². The Labute approximate surface area is 128 Å². The average molecular weight is 198 g/mol. The van der Waals surface area contributed by atoms with Gasteiger partial charge in [0.25, 0.3) is 0 Å². The fraction of sp³-hybridized carbons (Fsp3) is 0. The smallest absolute Gasteiger partial charge is 0 e. The van der Waals surface area contributed by atoms with E-state index in [0.717, 1.165) is 0 Å². The van der Waals surface area contributed by atoms with Crippen LogP contribution in [0.5, 0.6) is 0 Å². The molecule has 0 N–H and O–H groups in total. The number of fused-ring (bicyclic) bond motifs is 4. The second kappa shape index (κ2) is 4.98. The molecule has 0 saturated carbocycles. The van der Waals surface area contributed by atoms with Gasteiger partial charge in [-0.05, 0) is 22.3 Å². The first-order valence-corrected chi connectivity index (χ1v) is 4.15. The van der Waals surface area contributed by atoms with Crippen LogP contribution in [0, 0.1) is 0 Å². The molecule has 1 aliphatic carbocycles. The van der Waals surface area contributed by atoms with E-state index in [9.17, 15) is 0 Å². The summed E-state index contributed by atoms with van der Waals surface area (Å²) in [5.41, 5.74) is 5.59. The number of rotatable bonds is 0. The molecule has 3 rings (SSSR count). The van der Waals surface area contributed by atoms with Gasteiger partial charge in [-0.15, -0.1) is 0 Å². The molecule has 0 aliphatic heterocycles. The largest absolute Gasteiger partial charge is 0.0616 e. The van der Waals surface area contributed by atoms with E-state index >= 15 is 0 Å². The van der Waals surface area contributed by atoms with Crippen molar-refractivity contribution >= 4 is 59.1 Å². The number of benzene rings is 2. The molecule has 1 aliphatic rings. The summed E-state index contributed by atoms with van der Waals surface area (Å²) in [6, 6.07) is 17.1. The molecule has 0 bridgehead atoms. The van der Waals surface area contributed by atoms with Crippen molar-refractivity contribution in [3.8, 4) is 22.3 Å². The zero-order chi connectivity index (χ0) is 7.97. The fourth-order valence-corrected chi connectivity index (χ4v) is 1.84. The molecule has 0 spiro atoms. The molecule has 0 amide bonds. The Morgan fingerprint density at radius 3 is 0.857 bits per heavy atom. The Bertz CT molecular complexity index is 350. The number of hydrogen-bond acceptors (Lipinski definition) is 0. The van der Waals surface area contributed by atoms with Crippen LogP contribution >= 0.6 is 0 Å². The third kappa shape index (κ3) is 1.76. The molecule has 2 aromatic carbocycles. The van der Waals surface area contributed by atoms with Gasteiger partial charge in [-0.2, -0.15) is 0 Å². The summed E-state index contributed by atoms with van der Waals surface area (Å²) >= 11 is 0. The van der Waals surface area contributed by atoms with Gasteiger partial charge in [0.1, 0.15) is 0 Å². The SMILES string of the molecule is [Na].[Na].c1ccc2c(c1)-c1ccccc1-2. The summed E-state index contributed by atoms with van der Waals surface area (Å²) in [5.74, 6) is 0. The van der Waals surface area contributed by atoms with Crippen molar-refractivity contribution in [1.29, 1.82) is 0 Å². The topological polar surface area (TPSA) is 0 Å². The molecule has 0 aromatic heterocycles. The van der Waals surface area contributed by atoms with Crippen molar-refractivity contribution in [3.05, 3.63) is 48.5 Å². The van der Waals surface area contributed by atoms with Gasteiger partial charge in [0, 0.05) is 59.1 Å². The van der Waals surface area contributed by atoms with Gasteiger partial charge in [0.2, 0.25) is 0 Å². The first kappa shape index (κ1) is 12.5. The van der Waals surface area contributed by atoms with Gasteiger partial charge < -0.3 is 0 Å². The normalized spacial score (nSPS) is 9.71. The maximum Gasteiger partial charge on any atom is 0 e. The predicted molar refractivity (Wildman–Crippen MR) is 62.4 cm³/mol. The summed E-state index contributed by atoms with van der Waals surface area (Å²) in [4.78, 5) is 0. The van der Waals surface area contributed by atoms with E-state index in [1.807, 2.05) is 0 Å².